The van der Waals surface area contributed by atoms with E-state index in [2.05, 4.69) is 29.2 Å². The summed E-state index contributed by atoms with van der Waals surface area (Å²) < 4.78 is 28.2. The fourth-order valence-electron chi connectivity index (χ4n) is 1.62. The van der Waals surface area contributed by atoms with Gasteiger partial charge in [-0.05, 0) is 49.8 Å². The molecule has 106 valence electrons. The van der Waals surface area contributed by atoms with Gasteiger partial charge in [-0.1, -0.05) is 13.3 Å². The molecule has 0 aliphatic rings. The van der Waals surface area contributed by atoms with Crippen molar-refractivity contribution in [2.45, 2.75) is 39.3 Å². The summed E-state index contributed by atoms with van der Waals surface area (Å²) in [6.45, 7) is 1.35. The normalized spacial score (nSPS) is 12.1. The topological polar surface area (TPSA) is 33.3 Å². The standard InChI is InChI=1S/C13H18F2N2OS/c1-3-4-9(2)16-13(19)17-10-5-7-11(8-6-10)18-12(14)15/h5-9,12H,3-4H2,1-2H3,(H2,16,17,19)/t9-/m0/s1. The number of hydrogen-bond donors (Lipinski definition) is 2. The Bertz CT molecular complexity index is 398. The van der Waals surface area contributed by atoms with Crippen LogP contribution in [-0.4, -0.2) is 17.8 Å². The van der Waals surface area contributed by atoms with E-state index in [0.29, 0.717) is 11.2 Å². The van der Waals surface area contributed by atoms with Crippen LogP contribution in [0.3, 0.4) is 0 Å². The van der Waals surface area contributed by atoms with Gasteiger partial charge < -0.3 is 15.4 Å². The Balaban J connectivity index is 2.46. The van der Waals surface area contributed by atoms with Crippen LogP contribution < -0.4 is 15.4 Å². The molecule has 0 spiro atoms. The fourth-order valence-corrected chi connectivity index (χ4v) is 1.93. The van der Waals surface area contributed by atoms with Crippen molar-refractivity contribution in [2.75, 3.05) is 5.32 Å². The molecule has 0 saturated carbocycles. The molecule has 0 amide bonds. The lowest BCUT2D eigenvalue weighted by molar-refractivity contribution is -0.0498. The van der Waals surface area contributed by atoms with E-state index < -0.39 is 6.61 Å². The maximum Gasteiger partial charge on any atom is 0.387 e. The van der Waals surface area contributed by atoms with Gasteiger partial charge in [-0.15, -0.1) is 0 Å². The smallest absolute Gasteiger partial charge is 0.387 e. The van der Waals surface area contributed by atoms with Crippen molar-refractivity contribution in [3.05, 3.63) is 24.3 Å². The first kappa shape index (κ1) is 15.6. The molecule has 1 aromatic rings. The summed E-state index contributed by atoms with van der Waals surface area (Å²) in [5.74, 6) is 0.124. The number of halogens is 2. The van der Waals surface area contributed by atoms with E-state index in [1.165, 1.54) is 12.1 Å². The average molecular weight is 288 g/mol. The minimum Gasteiger partial charge on any atom is -0.435 e. The summed E-state index contributed by atoms with van der Waals surface area (Å²) in [6.07, 6.45) is 2.11. The van der Waals surface area contributed by atoms with Crippen molar-refractivity contribution < 1.29 is 13.5 Å². The molecule has 3 nitrogen and oxygen atoms in total. The molecule has 1 aromatic carbocycles. The summed E-state index contributed by atoms with van der Waals surface area (Å²) >= 11 is 5.16. The van der Waals surface area contributed by atoms with Gasteiger partial charge in [0.25, 0.3) is 0 Å². The zero-order valence-electron chi connectivity index (χ0n) is 11.0. The van der Waals surface area contributed by atoms with E-state index >= 15 is 0 Å². The summed E-state index contributed by atoms with van der Waals surface area (Å²) in [5.41, 5.74) is 0.725. The van der Waals surface area contributed by atoms with Crippen molar-refractivity contribution in [1.82, 2.24) is 5.32 Å². The van der Waals surface area contributed by atoms with Crippen LogP contribution in [0.1, 0.15) is 26.7 Å². The van der Waals surface area contributed by atoms with Crippen molar-refractivity contribution in [1.29, 1.82) is 0 Å². The van der Waals surface area contributed by atoms with Gasteiger partial charge in [0.05, 0.1) is 0 Å². The second-order valence-electron chi connectivity index (χ2n) is 4.19. The molecule has 2 N–H and O–H groups in total. The van der Waals surface area contributed by atoms with Gasteiger partial charge in [-0.25, -0.2) is 0 Å². The molecule has 0 radical (unpaired) electrons. The first-order valence-electron chi connectivity index (χ1n) is 6.13. The molecule has 0 aliphatic heterocycles. The highest BCUT2D eigenvalue weighted by Crippen LogP contribution is 2.17. The van der Waals surface area contributed by atoms with E-state index in [1.54, 1.807) is 12.1 Å². The van der Waals surface area contributed by atoms with Crippen LogP contribution in [0.15, 0.2) is 24.3 Å². The number of hydrogen-bond acceptors (Lipinski definition) is 2. The van der Waals surface area contributed by atoms with Gasteiger partial charge in [-0.3, -0.25) is 0 Å². The van der Waals surface area contributed by atoms with Gasteiger partial charge in [-0.2, -0.15) is 8.78 Å². The summed E-state index contributed by atoms with van der Waals surface area (Å²) in [4.78, 5) is 0. The summed E-state index contributed by atoms with van der Waals surface area (Å²) in [6, 6.07) is 6.50. The van der Waals surface area contributed by atoms with Crippen LogP contribution in [0.2, 0.25) is 0 Å². The number of ether oxygens (including phenoxy) is 1. The highest BCUT2D eigenvalue weighted by Gasteiger charge is 2.05. The third kappa shape index (κ3) is 6.33. The molecule has 6 heteroatoms. The second-order valence-corrected chi connectivity index (χ2v) is 4.60. The summed E-state index contributed by atoms with van der Waals surface area (Å²) in [7, 11) is 0. The molecule has 0 unspecified atom stereocenters. The Hall–Kier alpha value is -1.43. The number of alkyl halides is 2. The zero-order chi connectivity index (χ0) is 14.3. The molecule has 0 heterocycles. The first-order valence-corrected chi connectivity index (χ1v) is 6.54. The average Bonchev–Trinajstić information content (AvgIpc) is 2.31. The number of benzene rings is 1. The SMILES string of the molecule is CCC[C@H](C)NC(=S)Nc1ccc(OC(F)F)cc1. The Kier molecular flexibility index (Phi) is 6.49. The summed E-state index contributed by atoms with van der Waals surface area (Å²) in [5, 5.41) is 6.65. The molecular weight excluding hydrogens is 270 g/mol. The van der Waals surface area contributed by atoms with E-state index in [-0.39, 0.29) is 5.75 Å². The number of rotatable bonds is 6. The zero-order valence-corrected chi connectivity index (χ0v) is 11.8. The molecule has 0 aliphatic carbocycles. The van der Waals surface area contributed by atoms with Crippen molar-refractivity contribution >= 4 is 23.0 Å². The Labute approximate surface area is 117 Å². The van der Waals surface area contributed by atoms with Gasteiger partial charge in [0.2, 0.25) is 0 Å². The molecule has 1 rings (SSSR count). The van der Waals surface area contributed by atoms with E-state index in [9.17, 15) is 8.78 Å². The minimum absolute atomic E-state index is 0.124. The molecule has 1 atom stereocenters. The molecule has 19 heavy (non-hydrogen) atoms. The van der Waals surface area contributed by atoms with Gasteiger partial charge in [0, 0.05) is 11.7 Å². The maximum atomic E-state index is 12.0. The quantitative estimate of drug-likeness (QED) is 0.781. The number of nitrogens with one attached hydrogen (secondary N) is 2. The van der Waals surface area contributed by atoms with Crippen LogP contribution >= 0.6 is 12.2 Å². The number of anilines is 1. The predicted octanol–water partition coefficient (Wildman–Crippen LogP) is 3.76. The van der Waals surface area contributed by atoms with Crippen molar-refractivity contribution in [2.24, 2.45) is 0 Å². The van der Waals surface area contributed by atoms with Crippen molar-refractivity contribution in [3.8, 4) is 5.75 Å². The van der Waals surface area contributed by atoms with Crippen LogP contribution in [0.5, 0.6) is 5.75 Å². The molecular formula is C13H18F2N2OS. The maximum absolute atomic E-state index is 12.0. The lowest BCUT2D eigenvalue weighted by Gasteiger charge is -2.16. The second kappa shape index (κ2) is 7.89. The monoisotopic (exact) mass is 288 g/mol. The minimum atomic E-state index is -2.81. The Morgan fingerprint density at radius 1 is 1.32 bits per heavy atom. The van der Waals surface area contributed by atoms with Gasteiger partial charge >= 0.3 is 6.61 Å². The van der Waals surface area contributed by atoms with Crippen LogP contribution in [0.25, 0.3) is 0 Å². The van der Waals surface area contributed by atoms with Gasteiger partial charge in [0.1, 0.15) is 5.75 Å². The first-order chi connectivity index (χ1) is 9.01. The van der Waals surface area contributed by atoms with Gasteiger partial charge in [0.15, 0.2) is 5.11 Å². The highest BCUT2D eigenvalue weighted by atomic mass is 32.1. The Morgan fingerprint density at radius 3 is 2.47 bits per heavy atom. The van der Waals surface area contributed by atoms with E-state index in [1.807, 2.05) is 0 Å². The lowest BCUT2D eigenvalue weighted by Crippen LogP contribution is -2.35. The molecule has 0 fully saturated rings. The molecule has 0 bridgehead atoms. The van der Waals surface area contributed by atoms with E-state index in [0.717, 1.165) is 18.5 Å². The fraction of sp³-hybridized carbons (Fsp3) is 0.462. The third-order valence-electron chi connectivity index (χ3n) is 2.44. The van der Waals surface area contributed by atoms with Crippen LogP contribution in [0.4, 0.5) is 14.5 Å². The Morgan fingerprint density at radius 2 is 1.95 bits per heavy atom. The number of thiocarbonyl (C=S) groups is 1. The molecule has 0 aromatic heterocycles. The largest absolute Gasteiger partial charge is 0.435 e. The lowest BCUT2D eigenvalue weighted by atomic mass is 10.2. The van der Waals surface area contributed by atoms with Crippen LogP contribution in [0, 0.1) is 0 Å². The van der Waals surface area contributed by atoms with E-state index in [4.69, 9.17) is 12.2 Å². The van der Waals surface area contributed by atoms with Crippen molar-refractivity contribution in [3.63, 3.8) is 0 Å². The third-order valence-corrected chi connectivity index (χ3v) is 2.66. The molecule has 0 saturated heterocycles. The highest BCUT2D eigenvalue weighted by molar-refractivity contribution is 7.80. The van der Waals surface area contributed by atoms with Crippen LogP contribution in [-0.2, 0) is 0 Å². The predicted molar refractivity (Wildman–Crippen MR) is 76.8 cm³/mol.